The molecular formula is C22H20ClF5N4O4. The number of alkyl halides is 4. The summed E-state index contributed by atoms with van der Waals surface area (Å²) >= 11 is 5.84. The molecule has 1 aliphatic rings. The van der Waals surface area contributed by atoms with Crippen LogP contribution in [0.3, 0.4) is 0 Å². The summed E-state index contributed by atoms with van der Waals surface area (Å²) in [5.74, 6) is -5.97. The average molecular weight is 535 g/mol. The van der Waals surface area contributed by atoms with E-state index in [4.69, 9.17) is 16.3 Å². The third-order valence-corrected chi connectivity index (χ3v) is 5.47. The van der Waals surface area contributed by atoms with Crippen LogP contribution in [0, 0.1) is 5.82 Å². The van der Waals surface area contributed by atoms with Crippen molar-refractivity contribution in [3.63, 3.8) is 0 Å². The third kappa shape index (κ3) is 5.35. The summed E-state index contributed by atoms with van der Waals surface area (Å²) in [6, 6.07) is 1.35. The number of hydrogen-bond acceptors (Lipinski definition) is 7. The molecule has 1 aromatic heterocycles. The van der Waals surface area contributed by atoms with Crippen molar-refractivity contribution in [3.05, 3.63) is 69.3 Å². The summed E-state index contributed by atoms with van der Waals surface area (Å²) in [7, 11) is 0.906. The van der Waals surface area contributed by atoms with Crippen molar-refractivity contribution in [2.75, 3.05) is 13.8 Å². The van der Waals surface area contributed by atoms with Gasteiger partial charge in [-0.05, 0) is 26.0 Å². The van der Waals surface area contributed by atoms with E-state index >= 15 is 4.39 Å². The van der Waals surface area contributed by atoms with Crippen LogP contribution in [0.2, 0.25) is 5.02 Å². The molecule has 1 aromatic carbocycles. The Labute approximate surface area is 206 Å². The van der Waals surface area contributed by atoms with Crippen LogP contribution in [0.4, 0.5) is 22.0 Å². The highest BCUT2D eigenvalue weighted by Crippen LogP contribution is 2.48. The number of aromatic nitrogens is 3. The number of nitrogens with zero attached hydrogens (tertiary/aromatic N) is 3. The zero-order chi connectivity index (χ0) is 26.8. The van der Waals surface area contributed by atoms with Crippen molar-refractivity contribution in [3.8, 4) is 0 Å². The van der Waals surface area contributed by atoms with E-state index in [1.165, 1.54) is 31.1 Å². The molecule has 0 saturated heterocycles. The zero-order valence-electron chi connectivity index (χ0n) is 19.1. The van der Waals surface area contributed by atoms with Crippen LogP contribution in [0.15, 0.2) is 47.3 Å². The Hall–Kier alpha value is -3.48. The third-order valence-electron chi connectivity index (χ3n) is 5.15. The van der Waals surface area contributed by atoms with Gasteiger partial charge in [0.25, 0.3) is 0 Å². The highest BCUT2D eigenvalue weighted by atomic mass is 35.5. The van der Waals surface area contributed by atoms with Gasteiger partial charge in [-0.1, -0.05) is 11.6 Å². The van der Waals surface area contributed by atoms with Crippen molar-refractivity contribution in [2.24, 2.45) is 0 Å². The Kier molecular flexibility index (Phi) is 8.02. The molecule has 8 nitrogen and oxygen atoms in total. The fourth-order valence-corrected chi connectivity index (χ4v) is 4.09. The fourth-order valence-electron chi connectivity index (χ4n) is 3.82. The molecule has 1 N–H and O–H groups in total. The Morgan fingerprint density at radius 3 is 2.28 bits per heavy atom. The van der Waals surface area contributed by atoms with E-state index in [2.05, 4.69) is 20.3 Å². The Balaban J connectivity index is 2.45. The van der Waals surface area contributed by atoms with Gasteiger partial charge in [-0.25, -0.2) is 18.4 Å². The second-order valence-electron chi connectivity index (χ2n) is 7.87. The van der Waals surface area contributed by atoms with Crippen molar-refractivity contribution in [1.82, 2.24) is 20.1 Å². The highest BCUT2D eigenvalue weighted by Gasteiger charge is 2.47. The monoisotopic (exact) mass is 534 g/mol. The minimum atomic E-state index is -5.21. The van der Waals surface area contributed by atoms with Crippen LogP contribution in [0.25, 0.3) is 0 Å². The van der Waals surface area contributed by atoms with Gasteiger partial charge < -0.3 is 19.4 Å². The Morgan fingerprint density at radius 1 is 1.14 bits per heavy atom. The normalized spacial score (nSPS) is 16.3. The molecule has 14 heteroatoms. The van der Waals surface area contributed by atoms with Gasteiger partial charge >= 0.3 is 18.1 Å². The molecule has 36 heavy (non-hydrogen) atoms. The van der Waals surface area contributed by atoms with Gasteiger partial charge in [-0.2, -0.15) is 13.2 Å². The number of rotatable bonds is 7. The number of allylic oxidation sites excluding steroid dienone is 2. The summed E-state index contributed by atoms with van der Waals surface area (Å²) in [6.07, 6.45) is -3.51. The maximum Gasteiger partial charge on any atom is 0.418 e. The summed E-state index contributed by atoms with van der Waals surface area (Å²) in [4.78, 5) is 26.0. The van der Waals surface area contributed by atoms with E-state index in [1.807, 2.05) is 0 Å². The molecule has 0 aliphatic carbocycles. The number of ether oxygens (including phenoxy) is 2. The van der Waals surface area contributed by atoms with Crippen molar-refractivity contribution >= 4 is 23.5 Å². The predicted octanol–water partition coefficient (Wildman–Crippen LogP) is 4.08. The molecule has 2 aromatic rings. The molecule has 1 aliphatic heterocycles. The van der Waals surface area contributed by atoms with Crippen molar-refractivity contribution < 1.29 is 41.0 Å². The van der Waals surface area contributed by atoms with Gasteiger partial charge in [0.05, 0.1) is 53.1 Å². The molecule has 1 unspecified atom stereocenters. The van der Waals surface area contributed by atoms with Gasteiger partial charge in [-0.3, -0.25) is 0 Å². The summed E-state index contributed by atoms with van der Waals surface area (Å²) in [5, 5.41) is 8.91. The second-order valence-corrected chi connectivity index (χ2v) is 8.28. The fraction of sp³-hybridized carbons (Fsp3) is 0.364. The maximum atomic E-state index is 15.3. The minimum absolute atomic E-state index is 0.168. The lowest BCUT2D eigenvalue weighted by atomic mass is 9.77. The van der Waals surface area contributed by atoms with E-state index in [1.54, 1.807) is 0 Å². The molecule has 0 amide bonds. The number of carbonyl (C=O) groups is 2. The number of halogens is 6. The van der Waals surface area contributed by atoms with Crippen LogP contribution in [-0.4, -0.2) is 46.6 Å². The van der Waals surface area contributed by atoms with E-state index in [-0.39, 0.29) is 12.2 Å². The number of nitrogens with one attached hydrogen (secondary N) is 1. The lowest BCUT2D eigenvalue weighted by molar-refractivity contribution is -0.144. The molecule has 0 bridgehead atoms. The van der Waals surface area contributed by atoms with Crippen LogP contribution in [0.1, 0.15) is 30.9 Å². The van der Waals surface area contributed by atoms with E-state index in [0.29, 0.717) is 12.1 Å². The topological polar surface area (TPSA) is 95.3 Å². The summed E-state index contributed by atoms with van der Waals surface area (Å²) in [6.45, 7) is 1.29. The predicted molar refractivity (Wildman–Crippen MR) is 116 cm³/mol. The molecule has 0 spiro atoms. The molecule has 194 valence electrons. The molecular weight excluding hydrogens is 515 g/mol. The molecule has 2 heterocycles. The SMILES string of the molecule is COC(=O)C1=C(CF)NC(Cn2cnnc2)=C(C(=O)OC(C)C)C1c1c(F)ccc(Cl)c1C(F)(F)F. The van der Waals surface area contributed by atoms with Crippen LogP contribution in [-0.2, 0) is 31.8 Å². The zero-order valence-corrected chi connectivity index (χ0v) is 19.9. The lowest BCUT2D eigenvalue weighted by Crippen LogP contribution is -2.37. The Bertz CT molecular complexity index is 1230. The van der Waals surface area contributed by atoms with Gasteiger partial charge in [0.2, 0.25) is 0 Å². The first-order chi connectivity index (χ1) is 16.9. The van der Waals surface area contributed by atoms with Crippen LogP contribution in [0.5, 0.6) is 0 Å². The van der Waals surface area contributed by atoms with Crippen molar-refractivity contribution in [1.29, 1.82) is 0 Å². The molecule has 0 fully saturated rings. The Morgan fingerprint density at radius 2 is 1.75 bits per heavy atom. The van der Waals surface area contributed by atoms with Gasteiger partial charge in [0.1, 0.15) is 25.1 Å². The number of esters is 2. The first kappa shape index (κ1) is 27.1. The second kappa shape index (κ2) is 10.6. The largest absolute Gasteiger partial charge is 0.466 e. The van der Waals surface area contributed by atoms with Crippen LogP contribution < -0.4 is 5.32 Å². The maximum absolute atomic E-state index is 15.3. The number of dihydropyridines is 1. The summed E-state index contributed by atoms with van der Waals surface area (Å²) < 4.78 is 83.1. The first-order valence-corrected chi connectivity index (χ1v) is 10.7. The van der Waals surface area contributed by atoms with Gasteiger partial charge in [0.15, 0.2) is 0 Å². The molecule has 0 radical (unpaired) electrons. The van der Waals surface area contributed by atoms with E-state index in [9.17, 15) is 27.2 Å². The smallest absolute Gasteiger partial charge is 0.418 e. The quantitative estimate of drug-likeness (QED) is 0.422. The molecule has 1 atom stereocenters. The standard InChI is InChI=1S/C22H20ClF5N4O4/c1-10(2)36-21(34)17-14(7-32-8-29-30-9-32)31-13(6-24)16(20(33)35-3)18(17)15-12(25)5-4-11(23)19(15)22(26,27)28/h4-5,8-10,18,31H,6-7H2,1-3H3. The summed E-state index contributed by atoms with van der Waals surface area (Å²) in [5.41, 5.74) is -4.78. The average Bonchev–Trinajstić information content (AvgIpc) is 3.30. The van der Waals surface area contributed by atoms with Gasteiger partial charge in [-0.15, -0.1) is 10.2 Å². The minimum Gasteiger partial charge on any atom is -0.466 e. The van der Waals surface area contributed by atoms with Gasteiger partial charge in [0, 0.05) is 11.3 Å². The first-order valence-electron chi connectivity index (χ1n) is 10.4. The lowest BCUT2D eigenvalue weighted by Gasteiger charge is -2.33. The molecule has 3 rings (SSSR count). The molecule has 0 saturated carbocycles. The number of methoxy groups -OCH3 is 1. The number of benzene rings is 1. The highest BCUT2D eigenvalue weighted by molar-refractivity contribution is 6.31. The van der Waals surface area contributed by atoms with E-state index in [0.717, 1.165) is 7.11 Å². The van der Waals surface area contributed by atoms with Crippen molar-refractivity contribution in [2.45, 2.75) is 38.6 Å². The van der Waals surface area contributed by atoms with E-state index < -0.39 is 75.6 Å². The number of carbonyl (C=O) groups excluding carboxylic acids is 2. The van der Waals surface area contributed by atoms with Crippen LogP contribution >= 0.6 is 11.6 Å². The number of hydrogen-bond donors (Lipinski definition) is 1.